The summed E-state index contributed by atoms with van der Waals surface area (Å²) in [7, 11) is 1.51. The summed E-state index contributed by atoms with van der Waals surface area (Å²) in [5, 5.41) is 8.58. The van der Waals surface area contributed by atoms with Crippen LogP contribution in [0.25, 0.3) is 21.9 Å². The van der Waals surface area contributed by atoms with E-state index in [1.807, 2.05) is 18.2 Å². The lowest BCUT2D eigenvalue weighted by Gasteiger charge is -2.14. The molecule has 4 rings (SSSR count). The first kappa shape index (κ1) is 39.5. The molecule has 15 nitrogen and oxygen atoms in total. The monoisotopic (exact) mass is 726 g/mol. The van der Waals surface area contributed by atoms with Gasteiger partial charge >= 0.3 is 0 Å². The summed E-state index contributed by atoms with van der Waals surface area (Å²) >= 11 is 1.12. The highest BCUT2D eigenvalue weighted by Crippen LogP contribution is 2.30. The maximum atomic E-state index is 12.4. The first-order valence-electron chi connectivity index (χ1n) is 17.6. The predicted octanol–water partition coefficient (Wildman–Crippen LogP) is 1.94. The topological polar surface area (TPSA) is 200 Å². The maximum absolute atomic E-state index is 12.4. The zero-order valence-corrected chi connectivity index (χ0v) is 30.4. The molecule has 3 heterocycles. The van der Waals surface area contributed by atoms with Gasteiger partial charge in [0, 0.05) is 64.3 Å². The van der Waals surface area contributed by atoms with Crippen LogP contribution in [0.5, 0.6) is 0 Å². The largest absolute Gasteiger partial charge is 0.382 e. The van der Waals surface area contributed by atoms with Gasteiger partial charge < -0.3 is 35.7 Å². The standard InChI is InChI=1S/C35H50N8O7S/c1-3-4-11-27-41-32-33(24-9-5-6-10-25(24)40-34(32)36)42(27)16-8-7-14-38-29(45)13-18-49-20-21-50-19-15-39-28(44)12-17-43-31(47)22-26(35(43)48)51-23-30(46)37-2/h5-6,9-10,26H,3-4,7-8,11-23H2,1-2H3,(H2,36,40)(H,37,46)(H,38,45)(H,39,44). The lowest BCUT2D eigenvalue weighted by molar-refractivity contribution is -0.138. The first-order valence-corrected chi connectivity index (χ1v) is 18.7. The lowest BCUT2D eigenvalue weighted by atomic mass is 10.2. The number of nitrogens with two attached hydrogens (primary N) is 1. The minimum atomic E-state index is -0.598. The number of nitrogens with one attached hydrogen (secondary N) is 3. The van der Waals surface area contributed by atoms with Crippen LogP contribution >= 0.6 is 11.8 Å². The van der Waals surface area contributed by atoms with Crippen LogP contribution in [0, 0.1) is 0 Å². The Hall–Kier alpha value is -4.28. The van der Waals surface area contributed by atoms with Gasteiger partial charge in [-0.05, 0) is 25.3 Å². The molecule has 51 heavy (non-hydrogen) atoms. The van der Waals surface area contributed by atoms with E-state index in [2.05, 4.69) is 38.5 Å². The van der Waals surface area contributed by atoms with E-state index in [-0.39, 0.29) is 80.9 Å². The number of amides is 5. The Kier molecular flexibility index (Phi) is 15.9. The van der Waals surface area contributed by atoms with E-state index in [1.54, 1.807) is 0 Å². The van der Waals surface area contributed by atoms with Crippen molar-refractivity contribution in [3.8, 4) is 0 Å². The molecule has 278 valence electrons. The summed E-state index contributed by atoms with van der Waals surface area (Å²) < 4.78 is 13.2. The molecule has 1 fully saturated rings. The number of hydrogen-bond acceptors (Lipinski definition) is 11. The number of hydrogen-bond donors (Lipinski definition) is 4. The number of benzene rings is 1. The normalized spacial score (nSPS) is 14.5. The number of carbonyl (C=O) groups is 5. The molecule has 5 N–H and O–H groups in total. The Bertz CT molecular complexity index is 1670. The van der Waals surface area contributed by atoms with Gasteiger partial charge in [0.1, 0.15) is 11.3 Å². The van der Waals surface area contributed by atoms with Crippen LogP contribution in [0.15, 0.2) is 24.3 Å². The molecule has 3 aromatic rings. The van der Waals surface area contributed by atoms with Crippen LogP contribution in [-0.4, -0.2) is 113 Å². The Morgan fingerprint density at radius 2 is 1.67 bits per heavy atom. The van der Waals surface area contributed by atoms with E-state index >= 15 is 0 Å². The number of imide groups is 1. The fourth-order valence-electron chi connectivity index (χ4n) is 5.70. The molecule has 1 aromatic carbocycles. The molecular weight excluding hydrogens is 677 g/mol. The molecule has 0 bridgehead atoms. The smallest absolute Gasteiger partial charge is 0.242 e. The number of pyridine rings is 1. The quantitative estimate of drug-likeness (QED) is 0.0823. The molecule has 1 unspecified atom stereocenters. The van der Waals surface area contributed by atoms with E-state index in [4.69, 9.17) is 20.2 Å². The van der Waals surface area contributed by atoms with Crippen LogP contribution in [0.3, 0.4) is 0 Å². The van der Waals surface area contributed by atoms with E-state index in [1.165, 1.54) is 7.05 Å². The number of aromatic nitrogens is 3. The molecule has 0 spiro atoms. The number of thioether (sulfide) groups is 1. The third-order valence-electron chi connectivity index (χ3n) is 8.45. The van der Waals surface area contributed by atoms with Gasteiger partial charge in [-0.3, -0.25) is 28.9 Å². The fourth-order valence-corrected chi connectivity index (χ4v) is 6.73. The number of nitrogen functional groups attached to an aromatic ring is 1. The van der Waals surface area contributed by atoms with Crippen molar-refractivity contribution in [1.29, 1.82) is 0 Å². The van der Waals surface area contributed by atoms with Gasteiger partial charge in [0.15, 0.2) is 5.82 Å². The lowest BCUT2D eigenvalue weighted by Crippen LogP contribution is -2.36. The van der Waals surface area contributed by atoms with Gasteiger partial charge in [0.2, 0.25) is 29.5 Å². The zero-order chi connectivity index (χ0) is 36.6. The van der Waals surface area contributed by atoms with Crippen molar-refractivity contribution in [3.63, 3.8) is 0 Å². The number of nitrogens with zero attached hydrogens (tertiary/aromatic N) is 4. The highest BCUT2D eigenvalue weighted by molar-refractivity contribution is 8.01. The van der Waals surface area contributed by atoms with E-state index in [0.717, 1.165) is 83.1 Å². The van der Waals surface area contributed by atoms with Crippen molar-refractivity contribution in [1.82, 2.24) is 35.4 Å². The Morgan fingerprint density at radius 1 is 0.922 bits per heavy atom. The number of likely N-dealkylation sites (tertiary alicyclic amines) is 1. The number of rotatable bonds is 23. The molecule has 1 aliphatic rings. The SMILES string of the molecule is CCCCc1nc2c(N)nc3ccccc3c2n1CCCCNC(=O)CCOCCOCCNC(=O)CCN1C(=O)CC(SCC(=O)NC)C1=O. The van der Waals surface area contributed by atoms with Crippen molar-refractivity contribution >= 4 is 69.1 Å². The number of anilines is 1. The van der Waals surface area contributed by atoms with Crippen molar-refractivity contribution in [3.05, 3.63) is 30.1 Å². The number of ether oxygens (including phenoxy) is 2. The van der Waals surface area contributed by atoms with Crippen molar-refractivity contribution in [2.24, 2.45) is 0 Å². The summed E-state index contributed by atoms with van der Waals surface area (Å²) in [5.41, 5.74) is 8.92. The van der Waals surface area contributed by atoms with Crippen LogP contribution in [-0.2, 0) is 46.4 Å². The summed E-state index contributed by atoms with van der Waals surface area (Å²) in [5.74, 6) is 0.257. The number of para-hydroxylation sites is 1. The van der Waals surface area contributed by atoms with Gasteiger partial charge in [0.25, 0.3) is 0 Å². The molecule has 2 aromatic heterocycles. The van der Waals surface area contributed by atoms with Crippen LogP contribution in [0.4, 0.5) is 5.82 Å². The van der Waals surface area contributed by atoms with Gasteiger partial charge in [-0.15, -0.1) is 11.8 Å². The second-order valence-electron chi connectivity index (χ2n) is 12.2. The Morgan fingerprint density at radius 3 is 2.45 bits per heavy atom. The van der Waals surface area contributed by atoms with Gasteiger partial charge in [-0.1, -0.05) is 31.5 Å². The van der Waals surface area contributed by atoms with Gasteiger partial charge in [-0.25, -0.2) is 9.97 Å². The third kappa shape index (κ3) is 11.6. The second kappa shape index (κ2) is 20.5. The highest BCUT2D eigenvalue weighted by Gasteiger charge is 2.39. The summed E-state index contributed by atoms with van der Waals surface area (Å²) in [6.45, 7) is 4.93. The summed E-state index contributed by atoms with van der Waals surface area (Å²) in [4.78, 5) is 71.0. The van der Waals surface area contributed by atoms with E-state index in [9.17, 15) is 24.0 Å². The van der Waals surface area contributed by atoms with Crippen molar-refractivity contribution < 1.29 is 33.4 Å². The maximum Gasteiger partial charge on any atom is 0.242 e. The van der Waals surface area contributed by atoms with Gasteiger partial charge in [0.05, 0.1) is 48.5 Å². The molecule has 16 heteroatoms. The van der Waals surface area contributed by atoms with Crippen LogP contribution in [0.2, 0.25) is 0 Å². The van der Waals surface area contributed by atoms with E-state index < -0.39 is 5.25 Å². The Labute approximate surface area is 302 Å². The van der Waals surface area contributed by atoms with Crippen LogP contribution in [0.1, 0.15) is 57.7 Å². The van der Waals surface area contributed by atoms with Crippen molar-refractivity contribution in [2.45, 2.75) is 70.1 Å². The molecule has 1 saturated heterocycles. The number of carbonyl (C=O) groups excluding carboxylic acids is 5. The predicted molar refractivity (Wildman–Crippen MR) is 196 cm³/mol. The molecule has 1 atom stereocenters. The number of aryl methyl sites for hydroxylation is 2. The first-order chi connectivity index (χ1) is 24.7. The number of fused-ring (bicyclic) bond motifs is 3. The molecule has 0 radical (unpaired) electrons. The number of imidazole rings is 1. The number of unbranched alkanes of at least 4 members (excludes halogenated alkanes) is 2. The minimum absolute atomic E-state index is 0.00261. The molecular formula is C35H50N8O7S. The van der Waals surface area contributed by atoms with Crippen LogP contribution < -0.4 is 21.7 Å². The fraction of sp³-hybridized carbons (Fsp3) is 0.571. The molecule has 5 amide bonds. The summed E-state index contributed by atoms with van der Waals surface area (Å²) in [6, 6.07) is 7.98. The molecule has 0 aliphatic carbocycles. The molecule has 1 aliphatic heterocycles. The van der Waals surface area contributed by atoms with Gasteiger partial charge in [-0.2, -0.15) is 0 Å². The average molecular weight is 727 g/mol. The summed E-state index contributed by atoms with van der Waals surface area (Å²) in [6.07, 6.45) is 4.93. The third-order valence-corrected chi connectivity index (χ3v) is 9.65. The minimum Gasteiger partial charge on any atom is -0.382 e. The average Bonchev–Trinajstić information content (AvgIpc) is 3.63. The second-order valence-corrected chi connectivity index (χ2v) is 13.4. The molecule has 0 saturated carbocycles. The highest BCUT2D eigenvalue weighted by atomic mass is 32.2. The van der Waals surface area contributed by atoms with E-state index in [0.29, 0.717) is 25.6 Å². The van der Waals surface area contributed by atoms with Crippen molar-refractivity contribution in [2.75, 3.05) is 64.6 Å². The Balaban J connectivity index is 1.03. The zero-order valence-electron chi connectivity index (χ0n) is 29.5.